The number of hydrogen-bond donors (Lipinski definition) is 2. The van der Waals surface area contributed by atoms with E-state index in [9.17, 15) is 0 Å². The average molecular weight is 258 g/mol. The van der Waals surface area contributed by atoms with E-state index in [-0.39, 0.29) is 0 Å². The molecule has 3 N–H and O–H groups in total. The van der Waals surface area contributed by atoms with Crippen LogP contribution in [0.4, 0.5) is 5.69 Å². The van der Waals surface area contributed by atoms with E-state index in [4.69, 9.17) is 5.73 Å². The summed E-state index contributed by atoms with van der Waals surface area (Å²) in [7, 11) is 0. The number of rotatable bonds is 2. The van der Waals surface area contributed by atoms with Crippen LogP contribution < -0.4 is 5.73 Å². The normalized spacial score (nSPS) is 10.9. The highest BCUT2D eigenvalue weighted by atomic mass is 32.2. The summed E-state index contributed by atoms with van der Waals surface area (Å²) in [5, 5.41) is 1.68. The molecule has 6 nitrogen and oxygen atoms in total. The number of H-pyrrole nitrogens is 1. The second kappa shape index (κ2) is 4.26. The van der Waals surface area contributed by atoms with Crippen molar-refractivity contribution in [3.8, 4) is 0 Å². The average Bonchev–Trinajstić information content (AvgIpc) is 2.82. The van der Waals surface area contributed by atoms with Gasteiger partial charge in [0, 0.05) is 0 Å². The molecule has 0 bridgehead atoms. The number of nitrogens with two attached hydrogens (primary N) is 1. The fraction of sp³-hybridized carbons (Fsp3) is 0.0909. The van der Waals surface area contributed by atoms with Gasteiger partial charge in [-0.2, -0.15) is 0 Å². The van der Waals surface area contributed by atoms with Gasteiger partial charge in [-0.1, -0.05) is 0 Å². The molecular weight excluding hydrogens is 248 g/mol. The van der Waals surface area contributed by atoms with Crippen molar-refractivity contribution in [3.05, 3.63) is 30.5 Å². The molecule has 0 radical (unpaired) electrons. The second-order valence-electron chi connectivity index (χ2n) is 3.77. The van der Waals surface area contributed by atoms with Gasteiger partial charge in [-0.3, -0.25) is 0 Å². The topological polar surface area (TPSA) is 93.4 Å². The van der Waals surface area contributed by atoms with E-state index in [0.29, 0.717) is 11.3 Å². The summed E-state index contributed by atoms with van der Waals surface area (Å²) in [6, 6.07) is 1.89. The highest BCUT2D eigenvalue weighted by Crippen LogP contribution is 2.30. The number of aromatic nitrogens is 5. The summed E-state index contributed by atoms with van der Waals surface area (Å²) >= 11 is 1.47. The third kappa shape index (κ3) is 1.88. The van der Waals surface area contributed by atoms with Crippen LogP contribution in [0.1, 0.15) is 5.56 Å². The monoisotopic (exact) mass is 258 g/mol. The lowest BCUT2D eigenvalue weighted by Crippen LogP contribution is -1.92. The smallest absolute Gasteiger partial charge is 0.181 e. The Labute approximate surface area is 107 Å². The van der Waals surface area contributed by atoms with Crippen molar-refractivity contribution in [1.82, 2.24) is 24.9 Å². The Kier molecular flexibility index (Phi) is 2.60. The number of nitrogens with one attached hydrogen (secondary N) is 1. The minimum atomic E-state index is 0.653. The maximum absolute atomic E-state index is 5.68. The summed E-state index contributed by atoms with van der Waals surface area (Å²) in [4.78, 5) is 19.8. The van der Waals surface area contributed by atoms with E-state index in [1.54, 1.807) is 12.5 Å². The number of hydrogen-bond acceptors (Lipinski definition) is 6. The van der Waals surface area contributed by atoms with Crippen LogP contribution in [-0.4, -0.2) is 24.9 Å². The van der Waals surface area contributed by atoms with Gasteiger partial charge in [-0.25, -0.2) is 19.9 Å². The van der Waals surface area contributed by atoms with E-state index < -0.39 is 0 Å². The number of anilines is 1. The number of imidazole rings is 1. The van der Waals surface area contributed by atoms with Crippen LogP contribution in [0.25, 0.3) is 11.2 Å². The molecule has 0 spiro atoms. The largest absolute Gasteiger partial charge is 0.397 e. The maximum Gasteiger partial charge on any atom is 0.181 e. The molecule has 90 valence electrons. The molecule has 0 fully saturated rings. The molecule has 3 rings (SSSR count). The van der Waals surface area contributed by atoms with Crippen LogP contribution in [0, 0.1) is 6.92 Å². The highest BCUT2D eigenvalue weighted by molar-refractivity contribution is 7.99. The van der Waals surface area contributed by atoms with Gasteiger partial charge in [0.2, 0.25) is 0 Å². The SMILES string of the molecule is Cc1cc(N)cnc1Sc1ncnc2nc[nH]c12. The fourth-order valence-electron chi connectivity index (χ4n) is 1.60. The van der Waals surface area contributed by atoms with Crippen LogP contribution >= 0.6 is 11.8 Å². The van der Waals surface area contributed by atoms with Crippen LogP contribution in [0.15, 0.2) is 35.0 Å². The standard InChI is InChI=1S/C11H10N6S/c1-6-2-7(12)3-13-10(6)18-11-8-9(15-4-14-8)16-5-17-11/h2-5H,12H2,1H3,(H,14,15,16,17). The van der Waals surface area contributed by atoms with Gasteiger partial charge in [0.1, 0.15) is 21.9 Å². The van der Waals surface area contributed by atoms with Crippen molar-refractivity contribution >= 4 is 28.6 Å². The Morgan fingerprint density at radius 2 is 2.06 bits per heavy atom. The van der Waals surface area contributed by atoms with Crippen molar-refractivity contribution in [1.29, 1.82) is 0 Å². The second-order valence-corrected chi connectivity index (χ2v) is 4.75. The van der Waals surface area contributed by atoms with Gasteiger partial charge in [0.25, 0.3) is 0 Å². The number of aromatic amines is 1. The minimum Gasteiger partial charge on any atom is -0.397 e. The summed E-state index contributed by atoms with van der Waals surface area (Å²) in [5.74, 6) is 0. The number of fused-ring (bicyclic) bond motifs is 1. The van der Waals surface area contributed by atoms with Gasteiger partial charge in [-0.05, 0) is 30.3 Å². The highest BCUT2D eigenvalue weighted by Gasteiger charge is 2.10. The third-order valence-corrected chi connectivity index (χ3v) is 3.56. The van der Waals surface area contributed by atoms with Crippen molar-refractivity contribution in [3.63, 3.8) is 0 Å². The first kappa shape index (κ1) is 11.0. The predicted molar refractivity (Wildman–Crippen MR) is 69.2 cm³/mol. The van der Waals surface area contributed by atoms with Crippen molar-refractivity contribution in [2.24, 2.45) is 0 Å². The number of pyridine rings is 1. The number of nitrogens with zero attached hydrogens (tertiary/aromatic N) is 4. The Bertz CT molecular complexity index is 708. The molecule has 0 saturated heterocycles. The molecule has 0 aliphatic rings. The maximum atomic E-state index is 5.68. The zero-order valence-corrected chi connectivity index (χ0v) is 10.4. The van der Waals surface area contributed by atoms with Gasteiger partial charge in [0.05, 0.1) is 18.2 Å². The Morgan fingerprint density at radius 3 is 2.89 bits per heavy atom. The molecule has 0 atom stereocenters. The fourth-order valence-corrected chi connectivity index (χ4v) is 2.46. The molecule has 0 unspecified atom stereocenters. The molecule has 0 aliphatic carbocycles. The molecule has 0 aliphatic heterocycles. The summed E-state index contributed by atoms with van der Waals surface area (Å²) in [5.41, 5.74) is 8.83. The molecule has 0 amide bonds. The number of aryl methyl sites for hydroxylation is 1. The lowest BCUT2D eigenvalue weighted by atomic mass is 10.3. The first-order chi connectivity index (χ1) is 8.74. The van der Waals surface area contributed by atoms with E-state index in [0.717, 1.165) is 21.1 Å². The van der Waals surface area contributed by atoms with Crippen molar-refractivity contribution in [2.75, 3.05) is 5.73 Å². The lowest BCUT2D eigenvalue weighted by Gasteiger charge is -2.04. The zero-order valence-electron chi connectivity index (χ0n) is 9.58. The Hall–Kier alpha value is -2.15. The van der Waals surface area contributed by atoms with Gasteiger partial charge in [-0.15, -0.1) is 0 Å². The zero-order chi connectivity index (χ0) is 12.5. The van der Waals surface area contributed by atoms with Crippen molar-refractivity contribution in [2.45, 2.75) is 17.0 Å². The molecular formula is C11H10N6S. The molecule has 7 heteroatoms. The molecule has 3 aromatic rings. The van der Waals surface area contributed by atoms with Crippen LogP contribution in [-0.2, 0) is 0 Å². The lowest BCUT2D eigenvalue weighted by molar-refractivity contribution is 1.05. The van der Waals surface area contributed by atoms with Gasteiger partial charge in [0.15, 0.2) is 5.65 Å². The number of nitrogen functional groups attached to an aromatic ring is 1. The summed E-state index contributed by atoms with van der Waals surface area (Å²) < 4.78 is 0. The molecule has 3 aromatic heterocycles. The molecule has 0 saturated carbocycles. The summed E-state index contributed by atoms with van der Waals surface area (Å²) in [6.07, 6.45) is 4.74. The minimum absolute atomic E-state index is 0.653. The first-order valence-electron chi connectivity index (χ1n) is 5.28. The Balaban J connectivity index is 2.03. The predicted octanol–water partition coefficient (Wildman–Crippen LogP) is 1.79. The molecule has 0 aromatic carbocycles. The van der Waals surface area contributed by atoms with E-state index >= 15 is 0 Å². The van der Waals surface area contributed by atoms with Crippen LogP contribution in [0.3, 0.4) is 0 Å². The van der Waals surface area contributed by atoms with E-state index in [1.807, 2.05) is 13.0 Å². The van der Waals surface area contributed by atoms with E-state index in [2.05, 4.69) is 24.9 Å². The van der Waals surface area contributed by atoms with Crippen molar-refractivity contribution < 1.29 is 0 Å². The summed E-state index contributed by atoms with van der Waals surface area (Å²) in [6.45, 7) is 1.97. The third-order valence-electron chi connectivity index (χ3n) is 2.43. The van der Waals surface area contributed by atoms with E-state index in [1.165, 1.54) is 18.1 Å². The van der Waals surface area contributed by atoms with Crippen LogP contribution in [0.2, 0.25) is 0 Å². The Morgan fingerprint density at radius 1 is 1.17 bits per heavy atom. The first-order valence-corrected chi connectivity index (χ1v) is 6.10. The van der Waals surface area contributed by atoms with Gasteiger partial charge < -0.3 is 10.7 Å². The molecule has 3 heterocycles. The van der Waals surface area contributed by atoms with Gasteiger partial charge >= 0.3 is 0 Å². The van der Waals surface area contributed by atoms with Crippen LogP contribution in [0.5, 0.6) is 0 Å². The molecule has 18 heavy (non-hydrogen) atoms. The quantitative estimate of drug-likeness (QED) is 0.681.